The van der Waals surface area contributed by atoms with Crippen LogP contribution in [0, 0.1) is 5.92 Å². The molecule has 0 fully saturated rings. The van der Waals surface area contributed by atoms with Crippen molar-refractivity contribution in [1.29, 1.82) is 0 Å². The second kappa shape index (κ2) is 6.56. The maximum Gasteiger partial charge on any atom is 0.305 e. The van der Waals surface area contributed by atoms with Gasteiger partial charge in [0.15, 0.2) is 0 Å². The molecule has 0 saturated heterocycles. The first kappa shape index (κ1) is 15.5. The zero-order valence-corrected chi connectivity index (χ0v) is 12.4. The van der Waals surface area contributed by atoms with Crippen LogP contribution in [0.3, 0.4) is 0 Å². The Morgan fingerprint density at radius 3 is 2.47 bits per heavy atom. The van der Waals surface area contributed by atoms with Gasteiger partial charge in [0.25, 0.3) is 0 Å². The summed E-state index contributed by atoms with van der Waals surface area (Å²) in [5.74, 6) is -1.19. The van der Waals surface area contributed by atoms with Gasteiger partial charge in [-0.05, 0) is 40.0 Å². The molecule has 1 amide bonds. The van der Waals surface area contributed by atoms with Crippen LogP contribution in [0.4, 0.5) is 5.69 Å². The molecule has 1 rings (SSSR count). The predicted octanol–water partition coefficient (Wildman–Crippen LogP) is 2.46. The second-order valence-corrected chi connectivity index (χ2v) is 5.51. The van der Waals surface area contributed by atoms with Crippen LogP contribution in [0.15, 0.2) is 22.7 Å². The fourth-order valence-corrected chi connectivity index (χ4v) is 2.23. The van der Waals surface area contributed by atoms with E-state index in [4.69, 9.17) is 10.8 Å². The fourth-order valence-electron chi connectivity index (χ4n) is 1.66. The third kappa shape index (κ3) is 4.55. The highest BCUT2D eigenvalue weighted by molar-refractivity contribution is 9.10. The van der Waals surface area contributed by atoms with Crippen molar-refractivity contribution in [2.24, 2.45) is 11.7 Å². The predicted molar refractivity (Wildman–Crippen MR) is 77.2 cm³/mol. The molecular formula is C13H17BrN2O3. The molecule has 0 aliphatic carbocycles. The Balaban J connectivity index is 2.88. The first-order valence-electron chi connectivity index (χ1n) is 5.89. The normalized spacial score (nSPS) is 12.2. The molecule has 5 nitrogen and oxygen atoms in total. The van der Waals surface area contributed by atoms with E-state index >= 15 is 0 Å². The van der Waals surface area contributed by atoms with Crippen molar-refractivity contribution in [3.05, 3.63) is 28.2 Å². The van der Waals surface area contributed by atoms with Gasteiger partial charge in [-0.15, -0.1) is 0 Å². The molecule has 4 N–H and O–H groups in total. The first-order chi connectivity index (χ1) is 8.81. The van der Waals surface area contributed by atoms with E-state index in [-0.39, 0.29) is 18.4 Å². The van der Waals surface area contributed by atoms with Crippen LogP contribution < -0.4 is 11.1 Å². The van der Waals surface area contributed by atoms with Crippen LogP contribution in [0.25, 0.3) is 0 Å². The summed E-state index contributed by atoms with van der Waals surface area (Å²) in [6, 6.07) is 4.86. The number of aliphatic carboxylic acids is 1. The number of amides is 1. The van der Waals surface area contributed by atoms with Crippen molar-refractivity contribution in [2.75, 3.05) is 5.32 Å². The first-order valence-corrected chi connectivity index (χ1v) is 6.68. The van der Waals surface area contributed by atoms with Gasteiger partial charge in [0.1, 0.15) is 0 Å². The van der Waals surface area contributed by atoms with Crippen molar-refractivity contribution in [1.82, 2.24) is 0 Å². The number of halogens is 1. The summed E-state index contributed by atoms with van der Waals surface area (Å²) < 4.78 is 0.586. The molecule has 6 heteroatoms. The third-order valence-corrected chi connectivity index (χ3v) is 3.44. The highest BCUT2D eigenvalue weighted by Crippen LogP contribution is 2.23. The summed E-state index contributed by atoms with van der Waals surface area (Å²) in [5.41, 5.74) is 6.35. The summed E-state index contributed by atoms with van der Waals surface area (Å²) >= 11 is 3.27. The Bertz CT molecular complexity index is 489. The molecule has 19 heavy (non-hydrogen) atoms. The molecule has 0 aliphatic rings. The fraction of sp³-hybridized carbons (Fsp3) is 0.385. The monoisotopic (exact) mass is 328 g/mol. The Morgan fingerprint density at radius 2 is 2.05 bits per heavy atom. The molecule has 0 spiro atoms. The summed E-state index contributed by atoms with van der Waals surface area (Å²) in [4.78, 5) is 21.9. The Hall–Kier alpha value is -1.56. The number of nitrogens with one attached hydrogen (secondary N) is 1. The molecule has 1 aromatic carbocycles. The van der Waals surface area contributed by atoms with Gasteiger partial charge in [0.2, 0.25) is 5.91 Å². The molecule has 0 aliphatic heterocycles. The minimum absolute atomic E-state index is 0.0346. The van der Waals surface area contributed by atoms with Gasteiger partial charge in [-0.25, -0.2) is 0 Å². The van der Waals surface area contributed by atoms with E-state index in [1.807, 2.05) is 13.8 Å². The molecule has 104 valence electrons. The average Bonchev–Trinajstić information content (AvgIpc) is 2.26. The quantitative estimate of drug-likeness (QED) is 0.747. The summed E-state index contributed by atoms with van der Waals surface area (Å²) in [6.07, 6.45) is 0.0346. The maximum atomic E-state index is 11.1. The van der Waals surface area contributed by atoms with E-state index in [0.717, 1.165) is 5.69 Å². The number of rotatable bonds is 6. The van der Waals surface area contributed by atoms with Gasteiger partial charge in [0, 0.05) is 16.2 Å². The van der Waals surface area contributed by atoms with Gasteiger partial charge in [-0.3, -0.25) is 9.59 Å². The number of carboxylic acid groups (broad SMARTS) is 1. The molecule has 1 atom stereocenters. The Kier molecular flexibility index (Phi) is 5.35. The van der Waals surface area contributed by atoms with Gasteiger partial charge in [0.05, 0.1) is 12.0 Å². The van der Waals surface area contributed by atoms with E-state index in [9.17, 15) is 9.59 Å². The second-order valence-electron chi connectivity index (χ2n) is 4.65. The molecule has 1 aromatic rings. The number of primary amides is 1. The van der Waals surface area contributed by atoms with Crippen LogP contribution in [-0.2, 0) is 4.79 Å². The van der Waals surface area contributed by atoms with Crippen molar-refractivity contribution < 1.29 is 14.7 Å². The molecule has 0 aromatic heterocycles. The minimum Gasteiger partial charge on any atom is -0.481 e. The summed E-state index contributed by atoms with van der Waals surface area (Å²) in [7, 11) is 0. The lowest BCUT2D eigenvalue weighted by molar-refractivity contribution is -0.137. The van der Waals surface area contributed by atoms with Crippen molar-refractivity contribution >= 4 is 33.5 Å². The lowest BCUT2D eigenvalue weighted by Gasteiger charge is -2.22. The Morgan fingerprint density at radius 1 is 1.42 bits per heavy atom. The number of nitrogens with two attached hydrogens (primary N) is 1. The van der Waals surface area contributed by atoms with E-state index in [1.54, 1.807) is 18.2 Å². The lowest BCUT2D eigenvalue weighted by atomic mass is 10.0. The summed E-state index contributed by atoms with van der Waals surface area (Å²) in [6.45, 7) is 3.90. The van der Waals surface area contributed by atoms with Gasteiger partial charge < -0.3 is 16.2 Å². The van der Waals surface area contributed by atoms with Crippen LogP contribution in [-0.4, -0.2) is 23.0 Å². The zero-order valence-electron chi connectivity index (χ0n) is 10.8. The number of anilines is 1. The standard InChI is InChI=1S/C13H17BrN2O3/c1-7(2)11(6-12(17)18)16-8-3-4-9(13(15)19)10(14)5-8/h3-5,7,11,16H,6H2,1-2H3,(H2,15,19)(H,17,18). The molecule has 1 unspecified atom stereocenters. The number of carboxylic acids is 1. The molecular weight excluding hydrogens is 312 g/mol. The van der Waals surface area contributed by atoms with Gasteiger partial charge in [-0.2, -0.15) is 0 Å². The molecule has 0 radical (unpaired) electrons. The number of carbonyl (C=O) groups excluding carboxylic acids is 1. The van der Waals surface area contributed by atoms with Crippen LogP contribution in [0.2, 0.25) is 0 Å². The number of benzene rings is 1. The topological polar surface area (TPSA) is 92.4 Å². The molecule has 0 bridgehead atoms. The van der Waals surface area contributed by atoms with E-state index < -0.39 is 11.9 Å². The highest BCUT2D eigenvalue weighted by Gasteiger charge is 2.17. The van der Waals surface area contributed by atoms with Crippen molar-refractivity contribution in [2.45, 2.75) is 26.3 Å². The third-order valence-electron chi connectivity index (χ3n) is 2.79. The van der Waals surface area contributed by atoms with E-state index in [1.165, 1.54) is 0 Å². The van der Waals surface area contributed by atoms with E-state index in [0.29, 0.717) is 10.0 Å². The maximum absolute atomic E-state index is 11.1. The van der Waals surface area contributed by atoms with Crippen LogP contribution in [0.1, 0.15) is 30.6 Å². The lowest BCUT2D eigenvalue weighted by Crippen LogP contribution is -2.28. The highest BCUT2D eigenvalue weighted by atomic mass is 79.9. The largest absolute Gasteiger partial charge is 0.481 e. The average molecular weight is 329 g/mol. The van der Waals surface area contributed by atoms with Crippen LogP contribution >= 0.6 is 15.9 Å². The Labute approximate surface area is 120 Å². The smallest absolute Gasteiger partial charge is 0.305 e. The van der Waals surface area contributed by atoms with Gasteiger partial charge in [-0.1, -0.05) is 13.8 Å². The van der Waals surface area contributed by atoms with E-state index in [2.05, 4.69) is 21.2 Å². The van der Waals surface area contributed by atoms with Crippen molar-refractivity contribution in [3.63, 3.8) is 0 Å². The van der Waals surface area contributed by atoms with Gasteiger partial charge >= 0.3 is 5.97 Å². The minimum atomic E-state index is -0.848. The number of hydrogen-bond donors (Lipinski definition) is 3. The van der Waals surface area contributed by atoms with Crippen LogP contribution in [0.5, 0.6) is 0 Å². The zero-order chi connectivity index (χ0) is 14.6. The number of hydrogen-bond acceptors (Lipinski definition) is 3. The summed E-state index contributed by atoms with van der Waals surface area (Å²) in [5, 5.41) is 12.0. The SMILES string of the molecule is CC(C)C(CC(=O)O)Nc1ccc(C(N)=O)c(Br)c1. The number of carbonyl (C=O) groups is 2. The molecule has 0 saturated carbocycles. The van der Waals surface area contributed by atoms with Crippen molar-refractivity contribution in [3.8, 4) is 0 Å². The molecule has 0 heterocycles.